The fourth-order valence-corrected chi connectivity index (χ4v) is 3.98. The first kappa shape index (κ1) is 14.9. The highest BCUT2D eigenvalue weighted by atomic mass is 35.5. The van der Waals surface area contributed by atoms with Crippen molar-refractivity contribution in [2.75, 3.05) is 13.2 Å². The molecule has 1 aliphatic heterocycles. The zero-order valence-corrected chi connectivity index (χ0v) is 14.0. The first-order valence-electron chi connectivity index (χ1n) is 7.42. The van der Waals surface area contributed by atoms with Gasteiger partial charge in [0.25, 0.3) is 0 Å². The summed E-state index contributed by atoms with van der Waals surface area (Å²) in [4.78, 5) is 0. The average molecular weight is 322 g/mol. The van der Waals surface area contributed by atoms with E-state index in [-0.39, 0.29) is 6.04 Å². The van der Waals surface area contributed by atoms with Gasteiger partial charge in [0, 0.05) is 17.0 Å². The molecule has 1 aromatic carbocycles. The minimum absolute atomic E-state index is 0.154. The van der Waals surface area contributed by atoms with Crippen molar-refractivity contribution in [3.8, 4) is 5.75 Å². The number of ether oxygens (including phenoxy) is 1. The molecule has 0 bridgehead atoms. The molecule has 0 spiro atoms. The van der Waals surface area contributed by atoms with Gasteiger partial charge in [-0.25, -0.2) is 0 Å². The largest absolute Gasteiger partial charge is 0.493 e. The van der Waals surface area contributed by atoms with E-state index in [4.69, 9.17) is 16.3 Å². The van der Waals surface area contributed by atoms with E-state index in [1.165, 1.54) is 22.3 Å². The fourth-order valence-electron chi connectivity index (χ4n) is 2.85. The molecule has 1 aliphatic rings. The van der Waals surface area contributed by atoms with Crippen molar-refractivity contribution in [2.24, 2.45) is 0 Å². The second-order valence-electron chi connectivity index (χ2n) is 5.48. The summed E-state index contributed by atoms with van der Waals surface area (Å²) < 4.78 is 5.89. The maximum Gasteiger partial charge on any atom is 0.127 e. The molecule has 0 fully saturated rings. The number of rotatable bonds is 5. The summed E-state index contributed by atoms with van der Waals surface area (Å²) in [6, 6.07) is 4.24. The highest BCUT2D eigenvalue weighted by molar-refractivity contribution is 7.08. The van der Waals surface area contributed by atoms with Crippen LogP contribution in [0.3, 0.4) is 0 Å². The van der Waals surface area contributed by atoms with E-state index in [1.807, 2.05) is 6.07 Å². The van der Waals surface area contributed by atoms with Gasteiger partial charge in [-0.3, -0.25) is 0 Å². The third kappa shape index (κ3) is 2.96. The molecule has 2 nitrogen and oxygen atoms in total. The molecule has 1 atom stereocenters. The maximum absolute atomic E-state index is 6.33. The first-order chi connectivity index (χ1) is 10.2. The van der Waals surface area contributed by atoms with Gasteiger partial charge in [0.2, 0.25) is 0 Å². The van der Waals surface area contributed by atoms with Gasteiger partial charge in [0.05, 0.1) is 12.6 Å². The van der Waals surface area contributed by atoms with Crippen LogP contribution in [0.1, 0.15) is 41.6 Å². The second-order valence-corrected chi connectivity index (χ2v) is 6.66. The van der Waals surface area contributed by atoms with E-state index >= 15 is 0 Å². The van der Waals surface area contributed by atoms with Gasteiger partial charge in [-0.05, 0) is 59.5 Å². The van der Waals surface area contributed by atoms with E-state index in [2.05, 4.69) is 36.0 Å². The van der Waals surface area contributed by atoms with Crippen molar-refractivity contribution in [3.63, 3.8) is 0 Å². The fraction of sp³-hybridized carbons (Fsp3) is 0.412. The molecule has 4 heteroatoms. The molecule has 1 aromatic heterocycles. The van der Waals surface area contributed by atoms with Gasteiger partial charge in [-0.2, -0.15) is 11.3 Å². The van der Waals surface area contributed by atoms with Crippen molar-refractivity contribution in [1.29, 1.82) is 0 Å². The monoisotopic (exact) mass is 321 g/mol. The van der Waals surface area contributed by atoms with Crippen LogP contribution in [0.4, 0.5) is 0 Å². The van der Waals surface area contributed by atoms with Crippen LogP contribution in [0, 0.1) is 6.92 Å². The Morgan fingerprint density at radius 2 is 2.19 bits per heavy atom. The summed E-state index contributed by atoms with van der Waals surface area (Å²) >= 11 is 8.07. The zero-order chi connectivity index (χ0) is 14.8. The Labute approximate surface area is 135 Å². The zero-order valence-electron chi connectivity index (χ0n) is 12.4. The summed E-state index contributed by atoms with van der Waals surface area (Å²) in [5.41, 5.74) is 5.05. The molecule has 2 aromatic rings. The quantitative estimate of drug-likeness (QED) is 0.859. The summed E-state index contributed by atoms with van der Waals surface area (Å²) in [7, 11) is 0. The Morgan fingerprint density at radius 3 is 2.90 bits per heavy atom. The molecule has 2 heterocycles. The maximum atomic E-state index is 6.33. The lowest BCUT2D eigenvalue weighted by molar-refractivity contribution is 0.350. The Morgan fingerprint density at radius 1 is 1.33 bits per heavy atom. The van der Waals surface area contributed by atoms with Crippen LogP contribution in [0.15, 0.2) is 22.9 Å². The van der Waals surface area contributed by atoms with Gasteiger partial charge in [-0.1, -0.05) is 18.5 Å². The summed E-state index contributed by atoms with van der Waals surface area (Å²) in [6.45, 7) is 6.08. The van der Waals surface area contributed by atoms with Crippen LogP contribution in [-0.4, -0.2) is 13.2 Å². The minimum atomic E-state index is 0.154. The Balaban J connectivity index is 2.07. The van der Waals surface area contributed by atoms with E-state index < -0.39 is 0 Å². The summed E-state index contributed by atoms with van der Waals surface area (Å²) in [5, 5.41) is 8.87. The van der Waals surface area contributed by atoms with Crippen LogP contribution in [-0.2, 0) is 6.42 Å². The van der Waals surface area contributed by atoms with Gasteiger partial charge < -0.3 is 10.1 Å². The molecule has 0 saturated carbocycles. The van der Waals surface area contributed by atoms with E-state index in [9.17, 15) is 0 Å². The Hall–Kier alpha value is -1.03. The van der Waals surface area contributed by atoms with Crippen LogP contribution < -0.4 is 10.1 Å². The molecular formula is C17H20ClNOS. The summed E-state index contributed by atoms with van der Waals surface area (Å²) in [6.07, 6.45) is 2.05. The predicted molar refractivity (Wildman–Crippen MR) is 89.8 cm³/mol. The molecule has 0 amide bonds. The molecule has 21 heavy (non-hydrogen) atoms. The van der Waals surface area contributed by atoms with E-state index in [0.717, 1.165) is 36.8 Å². The van der Waals surface area contributed by atoms with Crippen molar-refractivity contribution in [1.82, 2.24) is 5.32 Å². The lowest BCUT2D eigenvalue weighted by atomic mass is 9.95. The molecular weight excluding hydrogens is 302 g/mol. The SMILES string of the molecule is CCCNC(c1cscc1C)c1cc(Cl)cc2c1OCC2. The van der Waals surface area contributed by atoms with Crippen LogP contribution in [0.2, 0.25) is 5.02 Å². The lowest BCUT2D eigenvalue weighted by Gasteiger charge is -2.22. The predicted octanol–water partition coefficient (Wildman–Crippen LogP) is 4.73. The Bertz CT molecular complexity index is 638. The van der Waals surface area contributed by atoms with Crippen LogP contribution in [0.5, 0.6) is 5.75 Å². The molecule has 0 radical (unpaired) electrons. The van der Waals surface area contributed by atoms with Crippen molar-refractivity contribution in [2.45, 2.75) is 32.7 Å². The number of aryl methyl sites for hydroxylation is 1. The standard InChI is InChI=1S/C17H20ClNOS/c1-3-5-19-16(15-10-21-9-11(15)2)14-8-13(18)7-12-4-6-20-17(12)14/h7-10,16,19H,3-6H2,1-2H3. The van der Waals surface area contributed by atoms with E-state index in [0.29, 0.717) is 0 Å². The topological polar surface area (TPSA) is 21.3 Å². The first-order valence-corrected chi connectivity index (χ1v) is 8.74. The molecule has 3 rings (SSSR count). The van der Waals surface area contributed by atoms with Crippen molar-refractivity contribution < 1.29 is 4.74 Å². The van der Waals surface area contributed by atoms with Gasteiger partial charge in [0.15, 0.2) is 0 Å². The number of hydrogen-bond donors (Lipinski definition) is 1. The third-order valence-electron chi connectivity index (χ3n) is 3.89. The highest BCUT2D eigenvalue weighted by Crippen LogP contribution is 2.39. The third-order valence-corrected chi connectivity index (χ3v) is 4.99. The van der Waals surface area contributed by atoms with E-state index in [1.54, 1.807) is 11.3 Å². The lowest BCUT2D eigenvalue weighted by Crippen LogP contribution is -2.24. The molecule has 1 unspecified atom stereocenters. The number of halogens is 1. The average Bonchev–Trinajstić information content (AvgIpc) is 3.08. The molecule has 0 saturated heterocycles. The van der Waals surface area contributed by atoms with Crippen molar-refractivity contribution >= 4 is 22.9 Å². The van der Waals surface area contributed by atoms with Crippen LogP contribution in [0.25, 0.3) is 0 Å². The second kappa shape index (κ2) is 6.39. The van der Waals surface area contributed by atoms with Gasteiger partial charge in [-0.15, -0.1) is 0 Å². The number of nitrogens with one attached hydrogen (secondary N) is 1. The molecule has 112 valence electrons. The normalized spacial score (nSPS) is 14.8. The van der Waals surface area contributed by atoms with Crippen molar-refractivity contribution in [3.05, 3.63) is 50.2 Å². The molecule has 1 N–H and O–H groups in total. The minimum Gasteiger partial charge on any atom is -0.493 e. The van der Waals surface area contributed by atoms with Gasteiger partial charge in [0.1, 0.15) is 5.75 Å². The number of thiophene rings is 1. The number of fused-ring (bicyclic) bond motifs is 1. The smallest absolute Gasteiger partial charge is 0.127 e. The Kier molecular flexibility index (Phi) is 4.53. The number of benzene rings is 1. The molecule has 0 aliphatic carbocycles. The van der Waals surface area contributed by atoms with Crippen LogP contribution >= 0.6 is 22.9 Å². The highest BCUT2D eigenvalue weighted by Gasteiger charge is 2.25. The van der Waals surface area contributed by atoms with Gasteiger partial charge >= 0.3 is 0 Å². The summed E-state index contributed by atoms with van der Waals surface area (Å²) in [5.74, 6) is 1.03. The number of hydrogen-bond acceptors (Lipinski definition) is 3.